The topological polar surface area (TPSA) is 59.2 Å². The molecule has 0 bridgehead atoms. The molecule has 4 nitrogen and oxygen atoms in total. The van der Waals surface area contributed by atoms with Crippen LogP contribution in [0.25, 0.3) is 0 Å². The molecule has 14 heavy (non-hydrogen) atoms. The van der Waals surface area contributed by atoms with Crippen molar-refractivity contribution in [3.05, 3.63) is 24.0 Å². The summed E-state index contributed by atoms with van der Waals surface area (Å²) in [5, 5.41) is 0. The molecule has 1 fully saturated rings. The number of hydrogen-bond acceptors (Lipinski definition) is 3. The van der Waals surface area contributed by atoms with E-state index in [0.717, 1.165) is 25.9 Å². The SMILES string of the molecule is Nc1ccncc1C(=O)N1CCCC1. The van der Waals surface area contributed by atoms with Crippen LogP contribution < -0.4 is 5.73 Å². The molecule has 0 aliphatic carbocycles. The second-order valence-electron chi connectivity index (χ2n) is 3.46. The van der Waals surface area contributed by atoms with Gasteiger partial charge in [-0.2, -0.15) is 0 Å². The molecule has 1 aromatic heterocycles. The van der Waals surface area contributed by atoms with E-state index in [1.165, 1.54) is 6.20 Å². The maximum atomic E-state index is 11.9. The van der Waals surface area contributed by atoms with Crippen molar-refractivity contribution in [3.8, 4) is 0 Å². The number of rotatable bonds is 1. The van der Waals surface area contributed by atoms with Crippen LogP contribution in [0, 0.1) is 0 Å². The van der Waals surface area contributed by atoms with E-state index in [4.69, 9.17) is 5.73 Å². The minimum Gasteiger partial charge on any atom is -0.398 e. The molecular formula is C10H13N3O. The van der Waals surface area contributed by atoms with Crippen molar-refractivity contribution in [1.82, 2.24) is 9.88 Å². The van der Waals surface area contributed by atoms with E-state index in [1.807, 2.05) is 4.90 Å². The predicted molar refractivity (Wildman–Crippen MR) is 53.8 cm³/mol. The minimum absolute atomic E-state index is 0.00750. The van der Waals surface area contributed by atoms with Crippen molar-refractivity contribution in [2.75, 3.05) is 18.8 Å². The first-order valence-electron chi connectivity index (χ1n) is 4.78. The molecule has 0 atom stereocenters. The maximum Gasteiger partial charge on any atom is 0.257 e. The number of nitrogens with zero attached hydrogens (tertiary/aromatic N) is 2. The lowest BCUT2D eigenvalue weighted by Gasteiger charge is -2.15. The number of likely N-dealkylation sites (tertiary alicyclic amines) is 1. The average molecular weight is 191 g/mol. The number of hydrogen-bond donors (Lipinski definition) is 1. The Morgan fingerprint density at radius 1 is 1.43 bits per heavy atom. The summed E-state index contributed by atoms with van der Waals surface area (Å²) in [7, 11) is 0. The monoisotopic (exact) mass is 191 g/mol. The Balaban J connectivity index is 2.22. The van der Waals surface area contributed by atoms with Gasteiger partial charge in [0.05, 0.1) is 5.56 Å². The highest BCUT2D eigenvalue weighted by Crippen LogP contribution is 2.16. The van der Waals surface area contributed by atoms with Crippen molar-refractivity contribution in [2.45, 2.75) is 12.8 Å². The molecule has 0 unspecified atom stereocenters. The van der Waals surface area contributed by atoms with Gasteiger partial charge in [0.25, 0.3) is 5.91 Å². The van der Waals surface area contributed by atoms with Gasteiger partial charge in [-0.05, 0) is 18.9 Å². The first kappa shape index (κ1) is 8.99. The van der Waals surface area contributed by atoms with Gasteiger partial charge < -0.3 is 10.6 Å². The molecule has 1 saturated heterocycles. The van der Waals surface area contributed by atoms with Crippen LogP contribution >= 0.6 is 0 Å². The second kappa shape index (κ2) is 3.65. The number of nitrogens with two attached hydrogens (primary N) is 1. The Hall–Kier alpha value is -1.58. The fourth-order valence-electron chi connectivity index (χ4n) is 1.67. The van der Waals surface area contributed by atoms with E-state index in [-0.39, 0.29) is 5.91 Å². The number of carbonyl (C=O) groups excluding carboxylic acids is 1. The molecule has 1 amide bonds. The van der Waals surface area contributed by atoms with E-state index in [0.29, 0.717) is 11.3 Å². The smallest absolute Gasteiger partial charge is 0.257 e. The van der Waals surface area contributed by atoms with Crippen LogP contribution in [0.2, 0.25) is 0 Å². The zero-order chi connectivity index (χ0) is 9.97. The highest BCUT2D eigenvalue weighted by molar-refractivity contribution is 5.98. The van der Waals surface area contributed by atoms with Gasteiger partial charge in [-0.25, -0.2) is 0 Å². The van der Waals surface area contributed by atoms with Gasteiger partial charge in [-0.3, -0.25) is 9.78 Å². The lowest BCUT2D eigenvalue weighted by molar-refractivity contribution is 0.0793. The fraction of sp³-hybridized carbons (Fsp3) is 0.400. The number of amides is 1. The minimum atomic E-state index is 0.00750. The third-order valence-electron chi connectivity index (χ3n) is 2.48. The van der Waals surface area contributed by atoms with Crippen molar-refractivity contribution in [3.63, 3.8) is 0 Å². The van der Waals surface area contributed by atoms with Gasteiger partial charge in [0, 0.05) is 31.2 Å². The fourth-order valence-corrected chi connectivity index (χ4v) is 1.67. The van der Waals surface area contributed by atoms with Gasteiger partial charge in [0.1, 0.15) is 0 Å². The summed E-state index contributed by atoms with van der Waals surface area (Å²) in [4.78, 5) is 17.6. The molecule has 2 rings (SSSR count). The number of pyridine rings is 1. The van der Waals surface area contributed by atoms with Crippen molar-refractivity contribution < 1.29 is 4.79 Å². The van der Waals surface area contributed by atoms with E-state index >= 15 is 0 Å². The molecule has 0 saturated carbocycles. The predicted octanol–water partition coefficient (Wildman–Crippen LogP) is 0.900. The summed E-state index contributed by atoms with van der Waals surface area (Å²) >= 11 is 0. The highest BCUT2D eigenvalue weighted by atomic mass is 16.2. The van der Waals surface area contributed by atoms with Crippen molar-refractivity contribution >= 4 is 11.6 Å². The number of aromatic nitrogens is 1. The first-order chi connectivity index (χ1) is 6.79. The summed E-state index contributed by atoms with van der Waals surface area (Å²) < 4.78 is 0. The molecule has 1 aliphatic rings. The number of nitrogen functional groups attached to an aromatic ring is 1. The van der Waals surface area contributed by atoms with Crippen LogP contribution in [0.1, 0.15) is 23.2 Å². The molecule has 1 aliphatic heterocycles. The molecule has 0 aromatic carbocycles. The molecular weight excluding hydrogens is 178 g/mol. The van der Waals surface area contributed by atoms with Crippen molar-refractivity contribution in [2.24, 2.45) is 0 Å². The third-order valence-corrected chi connectivity index (χ3v) is 2.48. The van der Waals surface area contributed by atoms with Crippen LogP contribution in [-0.2, 0) is 0 Å². The molecule has 1 aromatic rings. The first-order valence-corrected chi connectivity index (χ1v) is 4.78. The third kappa shape index (κ3) is 1.55. The second-order valence-corrected chi connectivity index (χ2v) is 3.46. The van der Waals surface area contributed by atoms with Crippen LogP contribution in [0.15, 0.2) is 18.5 Å². The zero-order valence-corrected chi connectivity index (χ0v) is 7.94. The number of anilines is 1. The largest absolute Gasteiger partial charge is 0.398 e. The van der Waals surface area contributed by atoms with Crippen LogP contribution in [0.5, 0.6) is 0 Å². The molecule has 74 valence electrons. The highest BCUT2D eigenvalue weighted by Gasteiger charge is 2.20. The van der Waals surface area contributed by atoms with Gasteiger partial charge >= 0.3 is 0 Å². The van der Waals surface area contributed by atoms with Crippen LogP contribution in [0.4, 0.5) is 5.69 Å². The molecule has 0 spiro atoms. The van der Waals surface area contributed by atoms with E-state index in [9.17, 15) is 4.79 Å². The molecule has 4 heteroatoms. The summed E-state index contributed by atoms with van der Waals surface area (Å²) in [5.41, 5.74) is 6.74. The Bertz CT molecular complexity index is 345. The number of carbonyl (C=O) groups is 1. The quantitative estimate of drug-likeness (QED) is 0.717. The maximum absolute atomic E-state index is 11.9. The lowest BCUT2D eigenvalue weighted by Crippen LogP contribution is -2.28. The van der Waals surface area contributed by atoms with Gasteiger partial charge in [-0.1, -0.05) is 0 Å². The van der Waals surface area contributed by atoms with Crippen LogP contribution in [0.3, 0.4) is 0 Å². The summed E-state index contributed by atoms with van der Waals surface area (Å²) in [6.07, 6.45) is 5.31. The molecule has 0 radical (unpaired) electrons. The Labute approximate surface area is 82.7 Å². The normalized spacial score (nSPS) is 15.9. The van der Waals surface area contributed by atoms with Gasteiger partial charge in [0.2, 0.25) is 0 Å². The van der Waals surface area contributed by atoms with E-state index in [1.54, 1.807) is 12.3 Å². The average Bonchev–Trinajstić information content (AvgIpc) is 2.70. The zero-order valence-electron chi connectivity index (χ0n) is 7.94. The summed E-state index contributed by atoms with van der Waals surface area (Å²) in [5.74, 6) is 0.00750. The summed E-state index contributed by atoms with van der Waals surface area (Å²) in [6, 6.07) is 1.66. The van der Waals surface area contributed by atoms with Crippen molar-refractivity contribution in [1.29, 1.82) is 0 Å². The van der Waals surface area contributed by atoms with E-state index in [2.05, 4.69) is 4.98 Å². The summed E-state index contributed by atoms with van der Waals surface area (Å²) in [6.45, 7) is 1.68. The standard InChI is InChI=1S/C10H13N3O/c11-9-3-4-12-7-8(9)10(14)13-5-1-2-6-13/h3-4,7H,1-2,5-6H2,(H2,11,12). The lowest BCUT2D eigenvalue weighted by atomic mass is 10.2. The Kier molecular flexibility index (Phi) is 2.35. The Morgan fingerprint density at radius 3 is 2.79 bits per heavy atom. The molecule has 2 heterocycles. The van der Waals surface area contributed by atoms with E-state index < -0.39 is 0 Å². The van der Waals surface area contributed by atoms with Crippen LogP contribution in [-0.4, -0.2) is 28.9 Å². The van der Waals surface area contributed by atoms with Gasteiger partial charge in [0.15, 0.2) is 0 Å². The Morgan fingerprint density at radius 2 is 2.14 bits per heavy atom. The van der Waals surface area contributed by atoms with Gasteiger partial charge in [-0.15, -0.1) is 0 Å². The molecule has 2 N–H and O–H groups in total.